The van der Waals surface area contributed by atoms with E-state index in [0.29, 0.717) is 17.9 Å². The van der Waals surface area contributed by atoms with Gasteiger partial charge in [0.25, 0.3) is 0 Å². The molecule has 1 unspecified atom stereocenters. The summed E-state index contributed by atoms with van der Waals surface area (Å²) in [6.45, 7) is 0.515. The molecule has 1 saturated heterocycles. The number of rotatable bonds is 4. The van der Waals surface area contributed by atoms with Gasteiger partial charge in [-0.2, -0.15) is 0 Å². The Balaban J connectivity index is 2.00. The molecule has 1 aliphatic rings. The highest BCUT2D eigenvalue weighted by Crippen LogP contribution is 2.28. The molecule has 0 spiro atoms. The summed E-state index contributed by atoms with van der Waals surface area (Å²) in [4.78, 5) is 11.0. The molecule has 102 valence electrons. The second-order valence-electron chi connectivity index (χ2n) is 4.88. The number of halogens is 1. The maximum atomic E-state index is 13.9. The van der Waals surface area contributed by atoms with Crippen LogP contribution in [-0.4, -0.2) is 17.9 Å². The van der Waals surface area contributed by atoms with Gasteiger partial charge in [0.05, 0.1) is 6.61 Å². The van der Waals surface area contributed by atoms with Gasteiger partial charge in [0.15, 0.2) is 6.29 Å². The number of nitrogens with one attached hydrogen (secondary N) is 1. The highest BCUT2D eigenvalue weighted by molar-refractivity contribution is 5.81. The molecule has 0 bridgehead atoms. The van der Waals surface area contributed by atoms with E-state index in [4.69, 9.17) is 5.11 Å². The summed E-state index contributed by atoms with van der Waals surface area (Å²) in [5.41, 5.74) is 2.92. The summed E-state index contributed by atoms with van der Waals surface area (Å²) >= 11 is 0. The Bertz CT molecular complexity index is 648. The lowest BCUT2D eigenvalue weighted by atomic mass is 9.98. The Morgan fingerprint density at radius 2 is 1.95 bits per heavy atom. The third kappa shape index (κ3) is 2.35. The van der Waals surface area contributed by atoms with Crippen LogP contribution in [0.3, 0.4) is 0 Å². The Hall–Kier alpha value is -2.04. The molecular formula is C16H14FNO2. The number of aliphatic hydroxyl groups is 1. The fourth-order valence-electron chi connectivity index (χ4n) is 2.30. The second-order valence-corrected chi connectivity index (χ2v) is 4.88. The van der Waals surface area contributed by atoms with E-state index in [1.54, 1.807) is 6.07 Å². The third-order valence-electron chi connectivity index (χ3n) is 3.57. The fourth-order valence-corrected chi connectivity index (χ4v) is 2.30. The Morgan fingerprint density at radius 3 is 2.50 bits per heavy atom. The zero-order valence-corrected chi connectivity index (χ0v) is 10.8. The van der Waals surface area contributed by atoms with Gasteiger partial charge in [-0.25, -0.2) is 4.39 Å². The van der Waals surface area contributed by atoms with Crippen LogP contribution < -0.4 is 5.32 Å². The van der Waals surface area contributed by atoms with Gasteiger partial charge in [0.2, 0.25) is 0 Å². The topological polar surface area (TPSA) is 59.2 Å². The molecule has 4 heteroatoms. The maximum Gasteiger partial charge on any atom is 0.150 e. The standard InChI is InChI=1S/C16H14FNO2/c17-15-6-12(5-13(8-19)14(15)9-20)10-1-3-11(4-2-10)16-7-18-16/h1-6,8,16,18,20H,7,9H2. The van der Waals surface area contributed by atoms with E-state index >= 15 is 0 Å². The van der Waals surface area contributed by atoms with Crippen molar-refractivity contribution in [3.8, 4) is 11.1 Å². The molecule has 1 fully saturated rings. The van der Waals surface area contributed by atoms with Crippen LogP contribution >= 0.6 is 0 Å². The van der Waals surface area contributed by atoms with Crippen molar-refractivity contribution in [2.45, 2.75) is 12.6 Å². The van der Waals surface area contributed by atoms with E-state index in [1.165, 1.54) is 11.6 Å². The van der Waals surface area contributed by atoms with Crippen LogP contribution in [0.5, 0.6) is 0 Å². The molecule has 0 aliphatic carbocycles. The minimum atomic E-state index is -0.556. The van der Waals surface area contributed by atoms with Gasteiger partial charge < -0.3 is 10.4 Å². The first-order valence-electron chi connectivity index (χ1n) is 6.45. The molecule has 0 amide bonds. The first-order chi connectivity index (χ1) is 9.72. The molecule has 0 saturated carbocycles. The molecule has 2 aromatic carbocycles. The fraction of sp³-hybridized carbons (Fsp3) is 0.188. The monoisotopic (exact) mass is 271 g/mol. The molecule has 2 N–H and O–H groups in total. The van der Waals surface area contributed by atoms with E-state index in [2.05, 4.69) is 5.32 Å². The molecule has 0 radical (unpaired) electrons. The van der Waals surface area contributed by atoms with Crippen LogP contribution in [0.4, 0.5) is 4.39 Å². The van der Waals surface area contributed by atoms with Gasteiger partial charge in [-0.3, -0.25) is 4.79 Å². The van der Waals surface area contributed by atoms with Crippen molar-refractivity contribution < 1.29 is 14.3 Å². The van der Waals surface area contributed by atoms with E-state index in [-0.39, 0.29) is 11.1 Å². The molecule has 2 aromatic rings. The molecule has 1 atom stereocenters. The lowest BCUT2D eigenvalue weighted by Crippen LogP contribution is -1.98. The zero-order valence-electron chi connectivity index (χ0n) is 10.8. The van der Waals surface area contributed by atoms with Crippen molar-refractivity contribution in [1.82, 2.24) is 5.32 Å². The predicted molar refractivity (Wildman–Crippen MR) is 73.9 cm³/mol. The van der Waals surface area contributed by atoms with E-state index in [1.807, 2.05) is 24.3 Å². The van der Waals surface area contributed by atoms with Crippen molar-refractivity contribution in [2.75, 3.05) is 6.54 Å². The van der Waals surface area contributed by atoms with Gasteiger partial charge in [0, 0.05) is 23.7 Å². The number of aliphatic hydroxyl groups excluding tert-OH is 1. The number of carbonyl (C=O) groups excluding carboxylic acids is 1. The summed E-state index contributed by atoms with van der Waals surface area (Å²) < 4.78 is 13.9. The normalized spacial score (nSPS) is 17.0. The first kappa shape index (κ1) is 13.0. The maximum absolute atomic E-state index is 13.9. The lowest BCUT2D eigenvalue weighted by molar-refractivity contribution is 0.111. The van der Waals surface area contributed by atoms with Crippen molar-refractivity contribution in [1.29, 1.82) is 0 Å². The Morgan fingerprint density at radius 1 is 1.25 bits per heavy atom. The van der Waals surface area contributed by atoms with Crippen molar-refractivity contribution in [3.05, 3.63) is 58.9 Å². The van der Waals surface area contributed by atoms with Gasteiger partial charge in [-0.05, 0) is 28.8 Å². The largest absolute Gasteiger partial charge is 0.392 e. The average molecular weight is 271 g/mol. The zero-order chi connectivity index (χ0) is 14.1. The molecule has 3 rings (SSSR count). The van der Waals surface area contributed by atoms with Crippen molar-refractivity contribution in [2.24, 2.45) is 0 Å². The van der Waals surface area contributed by atoms with Crippen molar-refractivity contribution >= 4 is 6.29 Å². The second kappa shape index (κ2) is 5.15. The molecule has 3 nitrogen and oxygen atoms in total. The van der Waals surface area contributed by atoms with Gasteiger partial charge in [0.1, 0.15) is 5.82 Å². The quantitative estimate of drug-likeness (QED) is 0.663. The van der Waals surface area contributed by atoms with Crippen LogP contribution in [0.1, 0.15) is 27.5 Å². The minimum Gasteiger partial charge on any atom is -0.392 e. The summed E-state index contributed by atoms with van der Waals surface area (Å²) in [6.07, 6.45) is 0.570. The lowest BCUT2D eigenvalue weighted by Gasteiger charge is -2.08. The van der Waals surface area contributed by atoms with Crippen LogP contribution in [-0.2, 0) is 6.61 Å². The number of benzene rings is 2. The number of hydrogen-bond acceptors (Lipinski definition) is 3. The summed E-state index contributed by atoms with van der Waals surface area (Å²) in [6, 6.07) is 11.2. The van der Waals surface area contributed by atoms with Gasteiger partial charge in [-0.15, -0.1) is 0 Å². The highest BCUT2D eigenvalue weighted by atomic mass is 19.1. The van der Waals surface area contributed by atoms with Crippen molar-refractivity contribution in [3.63, 3.8) is 0 Å². The number of hydrogen-bond donors (Lipinski definition) is 2. The van der Waals surface area contributed by atoms with Crippen LogP contribution in [0.2, 0.25) is 0 Å². The first-order valence-corrected chi connectivity index (χ1v) is 6.45. The highest BCUT2D eigenvalue weighted by Gasteiger charge is 2.21. The van der Waals surface area contributed by atoms with E-state index in [9.17, 15) is 9.18 Å². The summed E-state index contributed by atoms with van der Waals surface area (Å²) in [7, 11) is 0. The van der Waals surface area contributed by atoms with Gasteiger partial charge >= 0.3 is 0 Å². The molecule has 20 heavy (non-hydrogen) atoms. The Kier molecular flexibility index (Phi) is 3.34. The smallest absolute Gasteiger partial charge is 0.150 e. The SMILES string of the molecule is O=Cc1cc(-c2ccc(C3CN3)cc2)cc(F)c1CO. The average Bonchev–Trinajstić information content (AvgIpc) is 3.31. The number of carbonyl (C=O) groups is 1. The van der Waals surface area contributed by atoms with Crippen LogP contribution in [0.15, 0.2) is 36.4 Å². The molecule has 0 aromatic heterocycles. The minimum absolute atomic E-state index is 0.0440. The van der Waals surface area contributed by atoms with E-state index in [0.717, 1.165) is 12.1 Å². The summed E-state index contributed by atoms with van der Waals surface area (Å²) in [5, 5.41) is 12.3. The van der Waals surface area contributed by atoms with E-state index < -0.39 is 12.4 Å². The number of aldehydes is 1. The summed E-state index contributed by atoms with van der Waals surface area (Å²) in [5.74, 6) is -0.556. The predicted octanol–water partition coefficient (Wildman–Crippen LogP) is 2.44. The Labute approximate surface area is 116 Å². The molecule has 1 aliphatic heterocycles. The van der Waals surface area contributed by atoms with Crippen LogP contribution in [0.25, 0.3) is 11.1 Å². The van der Waals surface area contributed by atoms with Gasteiger partial charge in [-0.1, -0.05) is 24.3 Å². The third-order valence-corrected chi connectivity index (χ3v) is 3.57. The molecular weight excluding hydrogens is 257 g/mol. The van der Waals surface area contributed by atoms with Crippen LogP contribution in [0, 0.1) is 5.82 Å². The molecule has 1 heterocycles.